The molecule has 0 atom stereocenters. The first-order chi connectivity index (χ1) is 10.1. The van der Waals surface area contributed by atoms with Crippen LogP contribution < -0.4 is 9.47 Å². The van der Waals surface area contributed by atoms with Crippen molar-refractivity contribution in [3.63, 3.8) is 0 Å². The summed E-state index contributed by atoms with van der Waals surface area (Å²) < 4.78 is 10.3. The van der Waals surface area contributed by atoms with E-state index in [4.69, 9.17) is 9.47 Å². The van der Waals surface area contributed by atoms with Crippen LogP contribution in [-0.4, -0.2) is 43.1 Å². The molecular weight excluding hydrogens is 270 g/mol. The number of piperidine rings is 3. The van der Waals surface area contributed by atoms with Crippen molar-refractivity contribution in [2.45, 2.75) is 12.8 Å². The summed E-state index contributed by atoms with van der Waals surface area (Å²) in [6.07, 6.45) is 3.77. The number of Topliss-reactive ketones (excluding diaryl/α,β-unsaturated/α-hetero) is 1. The fourth-order valence-corrected chi connectivity index (χ4v) is 3.06. The predicted molar refractivity (Wildman–Crippen MR) is 78.5 cm³/mol. The molecule has 5 nitrogen and oxygen atoms in total. The Morgan fingerprint density at radius 2 is 1.76 bits per heavy atom. The second-order valence-electron chi connectivity index (χ2n) is 5.43. The molecule has 1 aromatic carbocycles. The van der Waals surface area contributed by atoms with Gasteiger partial charge in [0, 0.05) is 19.0 Å². The summed E-state index contributed by atoms with van der Waals surface area (Å²) >= 11 is 0. The van der Waals surface area contributed by atoms with Crippen LogP contribution in [0.2, 0.25) is 0 Å². The molecule has 112 valence electrons. The van der Waals surface area contributed by atoms with Gasteiger partial charge in [-0.3, -0.25) is 4.79 Å². The number of aromatic hydroxyl groups is 1. The van der Waals surface area contributed by atoms with Crippen molar-refractivity contribution in [3.05, 3.63) is 23.4 Å². The highest BCUT2D eigenvalue weighted by Gasteiger charge is 2.36. The molecule has 3 aliphatic heterocycles. The average Bonchev–Trinajstić information content (AvgIpc) is 2.52. The van der Waals surface area contributed by atoms with Gasteiger partial charge in [0.2, 0.25) is 5.75 Å². The number of carbonyl (C=O) groups is 1. The van der Waals surface area contributed by atoms with Gasteiger partial charge in [-0.1, -0.05) is 0 Å². The zero-order valence-corrected chi connectivity index (χ0v) is 12.3. The summed E-state index contributed by atoms with van der Waals surface area (Å²) in [5.74, 6) is 1.04. The van der Waals surface area contributed by atoms with E-state index >= 15 is 0 Å². The van der Waals surface area contributed by atoms with E-state index in [0.29, 0.717) is 11.5 Å². The number of hydrogen-bond acceptors (Lipinski definition) is 5. The number of phenols is 1. The number of ketones is 1. The van der Waals surface area contributed by atoms with Gasteiger partial charge >= 0.3 is 0 Å². The van der Waals surface area contributed by atoms with Crippen molar-refractivity contribution in [1.29, 1.82) is 0 Å². The number of methoxy groups -OCH3 is 2. The Morgan fingerprint density at radius 3 is 2.24 bits per heavy atom. The number of carbonyl (C=O) groups excluding carboxylic acids is 1. The second kappa shape index (κ2) is 5.31. The van der Waals surface area contributed by atoms with Gasteiger partial charge in [0.05, 0.1) is 19.9 Å². The summed E-state index contributed by atoms with van der Waals surface area (Å²) in [4.78, 5) is 14.5. The lowest BCUT2D eigenvalue weighted by atomic mass is 9.84. The second-order valence-corrected chi connectivity index (χ2v) is 5.43. The van der Waals surface area contributed by atoms with Crippen molar-refractivity contribution >= 4 is 11.9 Å². The maximum absolute atomic E-state index is 12.3. The van der Waals surface area contributed by atoms with Crippen LogP contribution in [0.25, 0.3) is 6.08 Å². The normalized spacial score (nSPS) is 20.2. The van der Waals surface area contributed by atoms with E-state index in [-0.39, 0.29) is 17.5 Å². The lowest BCUT2D eigenvalue weighted by Gasteiger charge is -2.41. The van der Waals surface area contributed by atoms with E-state index < -0.39 is 0 Å². The van der Waals surface area contributed by atoms with E-state index in [9.17, 15) is 9.90 Å². The van der Waals surface area contributed by atoms with Crippen LogP contribution in [0.15, 0.2) is 17.8 Å². The molecule has 0 spiro atoms. The molecule has 3 heterocycles. The van der Waals surface area contributed by atoms with Crippen LogP contribution in [-0.2, 0) is 4.79 Å². The van der Waals surface area contributed by atoms with Gasteiger partial charge in [0.15, 0.2) is 17.3 Å². The Labute approximate surface area is 123 Å². The molecule has 5 heteroatoms. The molecule has 3 fully saturated rings. The Kier molecular flexibility index (Phi) is 3.49. The first-order valence-corrected chi connectivity index (χ1v) is 7.10. The summed E-state index contributed by atoms with van der Waals surface area (Å²) in [5, 5.41) is 9.93. The van der Waals surface area contributed by atoms with Gasteiger partial charge < -0.3 is 19.5 Å². The summed E-state index contributed by atoms with van der Waals surface area (Å²) in [5.41, 5.74) is 1.55. The van der Waals surface area contributed by atoms with Crippen molar-refractivity contribution in [1.82, 2.24) is 4.90 Å². The summed E-state index contributed by atoms with van der Waals surface area (Å²) in [6.45, 7) is 1.88. The highest BCUT2D eigenvalue weighted by Crippen LogP contribution is 2.39. The average molecular weight is 289 g/mol. The molecule has 2 bridgehead atoms. The van der Waals surface area contributed by atoms with Gasteiger partial charge in [-0.15, -0.1) is 0 Å². The number of phenolic OH excluding ortho intramolecular Hbond substituents is 1. The molecular formula is C16H19NO4. The maximum atomic E-state index is 12.3. The Balaban J connectivity index is 2.01. The molecule has 3 aliphatic rings. The lowest BCUT2D eigenvalue weighted by molar-refractivity contribution is -0.125. The third-order valence-corrected chi connectivity index (χ3v) is 4.26. The molecule has 21 heavy (non-hydrogen) atoms. The minimum absolute atomic E-state index is 0.0288. The van der Waals surface area contributed by atoms with Crippen LogP contribution >= 0.6 is 0 Å². The summed E-state index contributed by atoms with van der Waals surface area (Å²) in [7, 11) is 2.98. The third kappa shape index (κ3) is 2.33. The SMILES string of the molecule is COc1cc(/C=C2/C(=O)C3CCN2CC3)cc(OC)c1O. The highest BCUT2D eigenvalue weighted by molar-refractivity contribution is 6.02. The molecule has 1 aromatic rings. The number of fused-ring (bicyclic) bond motifs is 3. The zero-order chi connectivity index (χ0) is 15.0. The summed E-state index contributed by atoms with van der Waals surface area (Å²) in [6, 6.07) is 3.42. The van der Waals surface area contributed by atoms with Crippen LogP contribution in [0.4, 0.5) is 0 Å². The maximum Gasteiger partial charge on any atom is 0.200 e. The minimum atomic E-state index is -0.0288. The van der Waals surface area contributed by atoms with Crippen LogP contribution in [0.3, 0.4) is 0 Å². The highest BCUT2D eigenvalue weighted by atomic mass is 16.5. The van der Waals surface area contributed by atoms with Gasteiger partial charge in [-0.05, 0) is 36.6 Å². The van der Waals surface area contributed by atoms with Crippen molar-refractivity contribution in [2.24, 2.45) is 5.92 Å². The minimum Gasteiger partial charge on any atom is -0.502 e. The van der Waals surface area contributed by atoms with Gasteiger partial charge in [0.1, 0.15) is 0 Å². The molecule has 0 aromatic heterocycles. The number of rotatable bonds is 3. The topological polar surface area (TPSA) is 59.0 Å². The van der Waals surface area contributed by atoms with Crippen LogP contribution in [0, 0.1) is 5.92 Å². The monoisotopic (exact) mass is 289 g/mol. The van der Waals surface area contributed by atoms with E-state index in [2.05, 4.69) is 4.90 Å². The van der Waals surface area contributed by atoms with Crippen molar-refractivity contribution in [3.8, 4) is 17.2 Å². The van der Waals surface area contributed by atoms with Crippen LogP contribution in [0.5, 0.6) is 17.2 Å². The number of nitrogens with zero attached hydrogens (tertiary/aromatic N) is 1. The van der Waals surface area contributed by atoms with Crippen LogP contribution in [0.1, 0.15) is 18.4 Å². The Bertz CT molecular complexity index is 575. The van der Waals surface area contributed by atoms with Gasteiger partial charge in [-0.2, -0.15) is 0 Å². The number of ether oxygens (including phenoxy) is 2. The van der Waals surface area contributed by atoms with E-state index in [1.165, 1.54) is 14.2 Å². The predicted octanol–water partition coefficient (Wildman–Crippen LogP) is 2.05. The molecule has 0 unspecified atom stereocenters. The quantitative estimate of drug-likeness (QED) is 0.863. The molecule has 4 rings (SSSR count). The van der Waals surface area contributed by atoms with Crippen molar-refractivity contribution < 1.29 is 19.4 Å². The Hall–Kier alpha value is -2.17. The standard InChI is InChI=1S/C16H19NO4/c1-20-13-8-10(9-14(21-2)16(13)19)7-12-15(18)11-3-5-17(12)6-4-11/h7-9,11,19H,3-6H2,1-2H3/b12-7-. The number of benzene rings is 1. The lowest BCUT2D eigenvalue weighted by Crippen LogP contribution is -2.45. The van der Waals surface area contributed by atoms with E-state index in [1.54, 1.807) is 12.1 Å². The first kappa shape index (κ1) is 13.8. The Morgan fingerprint density at radius 1 is 1.19 bits per heavy atom. The first-order valence-electron chi connectivity index (χ1n) is 7.10. The molecule has 0 radical (unpaired) electrons. The largest absolute Gasteiger partial charge is 0.502 e. The molecule has 1 N–H and O–H groups in total. The van der Waals surface area contributed by atoms with E-state index in [0.717, 1.165) is 37.2 Å². The fraction of sp³-hybridized carbons (Fsp3) is 0.438. The smallest absolute Gasteiger partial charge is 0.200 e. The fourth-order valence-electron chi connectivity index (χ4n) is 3.06. The van der Waals surface area contributed by atoms with Crippen molar-refractivity contribution in [2.75, 3.05) is 27.3 Å². The number of hydrogen-bond donors (Lipinski definition) is 1. The van der Waals surface area contributed by atoms with Gasteiger partial charge in [-0.25, -0.2) is 0 Å². The molecule has 0 saturated carbocycles. The zero-order valence-electron chi connectivity index (χ0n) is 12.3. The molecule has 0 amide bonds. The van der Waals surface area contributed by atoms with E-state index in [1.807, 2.05) is 6.08 Å². The molecule has 3 saturated heterocycles. The number of allylic oxidation sites excluding steroid dienone is 1. The van der Waals surface area contributed by atoms with Gasteiger partial charge in [0.25, 0.3) is 0 Å². The molecule has 0 aliphatic carbocycles. The third-order valence-electron chi connectivity index (χ3n) is 4.26.